The maximum atomic E-state index is 11.6. The predicted octanol–water partition coefficient (Wildman–Crippen LogP) is 0.719. The van der Waals surface area contributed by atoms with Crippen LogP contribution in [0.3, 0.4) is 0 Å². The molecule has 7 nitrogen and oxygen atoms in total. The number of aromatic nitrogens is 2. The van der Waals surface area contributed by atoms with Gasteiger partial charge in [0.25, 0.3) is 5.91 Å². The molecule has 2 atom stereocenters. The second kappa shape index (κ2) is 6.31. The largest absolute Gasteiger partial charge is 0.466 e. The molecule has 0 aliphatic heterocycles. The Hall–Kier alpha value is -2.18. The Labute approximate surface area is 116 Å². The van der Waals surface area contributed by atoms with Crippen LogP contribution in [-0.4, -0.2) is 34.7 Å². The molecule has 1 amide bonds. The van der Waals surface area contributed by atoms with Crippen LogP contribution in [0.25, 0.3) is 0 Å². The molecule has 0 saturated heterocycles. The quantitative estimate of drug-likeness (QED) is 0.768. The van der Waals surface area contributed by atoms with E-state index in [1.165, 1.54) is 6.07 Å². The van der Waals surface area contributed by atoms with Crippen LogP contribution in [0.15, 0.2) is 12.1 Å². The number of hydrogen-bond donors (Lipinski definition) is 2. The first-order chi connectivity index (χ1) is 9.60. The highest BCUT2D eigenvalue weighted by Gasteiger charge is 2.31. The van der Waals surface area contributed by atoms with Gasteiger partial charge in [-0.1, -0.05) is 0 Å². The molecule has 1 aliphatic rings. The van der Waals surface area contributed by atoms with Crippen LogP contribution in [0.5, 0.6) is 0 Å². The first-order valence-corrected chi connectivity index (χ1v) is 6.67. The molecule has 0 unspecified atom stereocenters. The molecule has 108 valence electrons. The van der Waals surface area contributed by atoms with E-state index in [0.29, 0.717) is 12.4 Å². The molecular formula is C13H18N4O3. The minimum absolute atomic E-state index is 0.0506. The number of primary amides is 1. The third-order valence-corrected chi connectivity index (χ3v) is 3.32. The van der Waals surface area contributed by atoms with Crippen molar-refractivity contribution in [2.75, 3.05) is 11.9 Å². The summed E-state index contributed by atoms with van der Waals surface area (Å²) in [7, 11) is 0. The van der Waals surface area contributed by atoms with Crippen LogP contribution in [0.4, 0.5) is 5.82 Å². The van der Waals surface area contributed by atoms with Gasteiger partial charge >= 0.3 is 5.97 Å². The molecule has 2 rings (SSSR count). The number of hydrogen-bond acceptors (Lipinski definition) is 6. The van der Waals surface area contributed by atoms with Gasteiger partial charge in [0.15, 0.2) is 5.69 Å². The number of carbonyl (C=O) groups is 2. The fourth-order valence-electron chi connectivity index (χ4n) is 2.34. The Morgan fingerprint density at radius 2 is 2.20 bits per heavy atom. The van der Waals surface area contributed by atoms with E-state index in [1.807, 2.05) is 0 Å². The second-order valence-corrected chi connectivity index (χ2v) is 4.77. The summed E-state index contributed by atoms with van der Waals surface area (Å²) in [4.78, 5) is 22.5. The number of amides is 1. The molecule has 7 heteroatoms. The summed E-state index contributed by atoms with van der Waals surface area (Å²) in [6.07, 6.45) is 2.41. The number of nitrogens with zero attached hydrogens (tertiary/aromatic N) is 2. The van der Waals surface area contributed by atoms with Crippen molar-refractivity contribution in [2.45, 2.75) is 32.2 Å². The summed E-state index contributed by atoms with van der Waals surface area (Å²) in [5, 5.41) is 10.8. The molecule has 0 bridgehead atoms. The average molecular weight is 278 g/mol. The van der Waals surface area contributed by atoms with Crippen molar-refractivity contribution in [1.82, 2.24) is 10.2 Å². The Kier molecular flexibility index (Phi) is 4.49. The van der Waals surface area contributed by atoms with Crippen molar-refractivity contribution < 1.29 is 14.3 Å². The molecule has 1 heterocycles. The zero-order valence-corrected chi connectivity index (χ0v) is 11.3. The van der Waals surface area contributed by atoms with E-state index in [4.69, 9.17) is 10.5 Å². The number of rotatable bonds is 5. The van der Waals surface area contributed by atoms with Gasteiger partial charge in [-0.3, -0.25) is 9.59 Å². The van der Waals surface area contributed by atoms with Crippen molar-refractivity contribution in [2.24, 2.45) is 11.7 Å². The molecule has 0 radical (unpaired) electrons. The number of anilines is 1. The minimum Gasteiger partial charge on any atom is -0.466 e. The molecule has 1 aliphatic carbocycles. The SMILES string of the molecule is CCOC(=O)[C@H]1CC[C@@H](Nc2ccc(C(N)=O)nn2)C1. The maximum absolute atomic E-state index is 11.6. The summed E-state index contributed by atoms with van der Waals surface area (Å²) in [6.45, 7) is 2.21. The number of nitrogens with two attached hydrogens (primary N) is 1. The third-order valence-electron chi connectivity index (χ3n) is 3.32. The van der Waals surface area contributed by atoms with Crippen LogP contribution in [0.1, 0.15) is 36.7 Å². The fourth-order valence-corrected chi connectivity index (χ4v) is 2.34. The van der Waals surface area contributed by atoms with Crippen LogP contribution < -0.4 is 11.1 Å². The van der Waals surface area contributed by atoms with Crippen molar-refractivity contribution in [3.8, 4) is 0 Å². The van der Waals surface area contributed by atoms with Gasteiger partial charge in [0, 0.05) is 6.04 Å². The lowest BCUT2D eigenvalue weighted by Gasteiger charge is -2.13. The normalized spacial score (nSPS) is 21.4. The standard InChI is InChI=1S/C13H18N4O3/c1-2-20-13(19)8-3-4-9(7-8)15-11-6-5-10(12(14)18)16-17-11/h5-6,8-9H,2-4,7H2,1H3,(H2,14,18)(H,15,17)/t8-,9+/m0/s1. The molecule has 1 fully saturated rings. The highest BCUT2D eigenvalue weighted by Crippen LogP contribution is 2.28. The molecule has 20 heavy (non-hydrogen) atoms. The lowest BCUT2D eigenvalue weighted by molar-refractivity contribution is -0.147. The highest BCUT2D eigenvalue weighted by molar-refractivity contribution is 5.90. The van der Waals surface area contributed by atoms with E-state index < -0.39 is 5.91 Å². The van der Waals surface area contributed by atoms with Crippen LogP contribution >= 0.6 is 0 Å². The highest BCUT2D eigenvalue weighted by atomic mass is 16.5. The molecule has 1 aromatic rings. The molecule has 0 aromatic carbocycles. The first-order valence-electron chi connectivity index (χ1n) is 6.67. The number of esters is 1. The van der Waals surface area contributed by atoms with Gasteiger partial charge in [-0.15, -0.1) is 10.2 Å². The summed E-state index contributed by atoms with van der Waals surface area (Å²) in [5.74, 6) is -0.214. The van der Waals surface area contributed by atoms with E-state index in [9.17, 15) is 9.59 Å². The van der Waals surface area contributed by atoms with E-state index in [0.717, 1.165) is 19.3 Å². The molecule has 3 N–H and O–H groups in total. The first kappa shape index (κ1) is 14.2. The summed E-state index contributed by atoms with van der Waals surface area (Å²) in [6, 6.07) is 3.35. The van der Waals surface area contributed by atoms with Crippen molar-refractivity contribution >= 4 is 17.7 Å². The van der Waals surface area contributed by atoms with Gasteiger partial charge < -0.3 is 15.8 Å². The van der Waals surface area contributed by atoms with Gasteiger partial charge in [-0.25, -0.2) is 0 Å². The van der Waals surface area contributed by atoms with Crippen LogP contribution in [0.2, 0.25) is 0 Å². The number of nitrogens with one attached hydrogen (secondary N) is 1. The van der Waals surface area contributed by atoms with E-state index in [1.54, 1.807) is 13.0 Å². The van der Waals surface area contributed by atoms with E-state index in [2.05, 4.69) is 15.5 Å². The fraction of sp³-hybridized carbons (Fsp3) is 0.538. The molecule has 1 saturated carbocycles. The Balaban J connectivity index is 1.88. The van der Waals surface area contributed by atoms with Gasteiger partial charge in [-0.2, -0.15) is 0 Å². The van der Waals surface area contributed by atoms with Gasteiger partial charge in [0.1, 0.15) is 5.82 Å². The summed E-state index contributed by atoms with van der Waals surface area (Å²) < 4.78 is 5.02. The van der Waals surface area contributed by atoms with Crippen molar-refractivity contribution in [3.05, 3.63) is 17.8 Å². The smallest absolute Gasteiger partial charge is 0.308 e. The zero-order valence-electron chi connectivity index (χ0n) is 11.3. The van der Waals surface area contributed by atoms with Crippen LogP contribution in [-0.2, 0) is 9.53 Å². The van der Waals surface area contributed by atoms with E-state index in [-0.39, 0.29) is 23.6 Å². The summed E-state index contributed by atoms with van der Waals surface area (Å²) >= 11 is 0. The lowest BCUT2D eigenvalue weighted by atomic mass is 10.1. The van der Waals surface area contributed by atoms with Crippen molar-refractivity contribution in [3.63, 3.8) is 0 Å². The average Bonchev–Trinajstić information content (AvgIpc) is 2.88. The van der Waals surface area contributed by atoms with Gasteiger partial charge in [-0.05, 0) is 38.3 Å². The van der Waals surface area contributed by atoms with Gasteiger partial charge in [0.05, 0.1) is 12.5 Å². The lowest BCUT2D eigenvalue weighted by Crippen LogP contribution is -2.21. The molecule has 0 spiro atoms. The van der Waals surface area contributed by atoms with Gasteiger partial charge in [0.2, 0.25) is 0 Å². The predicted molar refractivity (Wildman–Crippen MR) is 71.9 cm³/mol. The topological polar surface area (TPSA) is 107 Å². The Morgan fingerprint density at radius 3 is 2.80 bits per heavy atom. The Morgan fingerprint density at radius 1 is 1.40 bits per heavy atom. The Bertz CT molecular complexity index is 489. The summed E-state index contributed by atoms with van der Waals surface area (Å²) in [5.41, 5.74) is 5.23. The van der Waals surface area contributed by atoms with E-state index >= 15 is 0 Å². The molecular weight excluding hydrogens is 260 g/mol. The monoisotopic (exact) mass is 278 g/mol. The van der Waals surface area contributed by atoms with Crippen LogP contribution in [0, 0.1) is 5.92 Å². The van der Waals surface area contributed by atoms with Crippen molar-refractivity contribution in [1.29, 1.82) is 0 Å². The zero-order chi connectivity index (χ0) is 14.5. The maximum Gasteiger partial charge on any atom is 0.308 e. The third kappa shape index (κ3) is 3.43. The number of carbonyl (C=O) groups excluding carboxylic acids is 2. The number of ether oxygens (including phenoxy) is 1. The molecule has 1 aromatic heterocycles. The minimum atomic E-state index is -0.604. The second-order valence-electron chi connectivity index (χ2n) is 4.77.